The van der Waals surface area contributed by atoms with Crippen molar-refractivity contribution in [3.63, 3.8) is 0 Å². The molecular weight excluding hydrogens is 426 g/mol. The van der Waals surface area contributed by atoms with Crippen LogP contribution in [-0.2, 0) is 9.59 Å². The van der Waals surface area contributed by atoms with Crippen molar-refractivity contribution in [3.05, 3.63) is 29.3 Å². The molecule has 0 bridgehead atoms. The highest BCUT2D eigenvalue weighted by Crippen LogP contribution is 2.30. The third-order valence-corrected chi connectivity index (χ3v) is 6.71. The summed E-state index contributed by atoms with van der Waals surface area (Å²) >= 11 is 0. The minimum absolute atomic E-state index is 0.0848. The van der Waals surface area contributed by atoms with Crippen LogP contribution in [0, 0.1) is 0 Å². The zero-order chi connectivity index (χ0) is 23.5. The molecule has 4 rings (SSSR count). The Hall–Kier alpha value is -2.82. The molecule has 4 amide bonds. The molecule has 178 valence electrons. The van der Waals surface area contributed by atoms with E-state index in [0.717, 1.165) is 50.5 Å². The quantitative estimate of drug-likeness (QED) is 0.315. The van der Waals surface area contributed by atoms with Crippen molar-refractivity contribution >= 4 is 29.3 Å². The molecule has 1 aromatic rings. The molecule has 2 N–H and O–H groups in total. The van der Waals surface area contributed by atoms with Crippen molar-refractivity contribution in [3.8, 4) is 0 Å². The third-order valence-electron chi connectivity index (χ3n) is 6.71. The first kappa shape index (κ1) is 23.3. The van der Waals surface area contributed by atoms with Crippen molar-refractivity contribution in [2.45, 2.75) is 31.7 Å². The molecule has 2 saturated heterocycles. The van der Waals surface area contributed by atoms with E-state index in [1.165, 1.54) is 0 Å². The molecule has 3 aliphatic rings. The molecule has 33 heavy (non-hydrogen) atoms. The van der Waals surface area contributed by atoms with Crippen LogP contribution in [0.4, 0.5) is 5.69 Å². The fourth-order valence-corrected chi connectivity index (χ4v) is 4.65. The number of imide groups is 2. The number of aliphatic hydroxyl groups is 1. The van der Waals surface area contributed by atoms with Crippen LogP contribution < -0.4 is 10.2 Å². The Labute approximate surface area is 193 Å². The lowest BCUT2D eigenvalue weighted by Crippen LogP contribution is -2.54. The maximum atomic E-state index is 13.0. The lowest BCUT2D eigenvalue weighted by Gasteiger charge is -2.32. The van der Waals surface area contributed by atoms with Crippen LogP contribution in [-0.4, -0.2) is 103 Å². The van der Waals surface area contributed by atoms with Crippen LogP contribution >= 0.6 is 0 Å². The second-order valence-corrected chi connectivity index (χ2v) is 8.93. The monoisotopic (exact) mass is 457 g/mol. The number of nitrogens with zero attached hydrogens (tertiary/aromatic N) is 4. The minimum atomic E-state index is -0.984. The number of carbonyl (C=O) groups is 4. The molecule has 0 radical (unpaired) electrons. The highest BCUT2D eigenvalue weighted by molar-refractivity contribution is 6.23. The zero-order valence-electron chi connectivity index (χ0n) is 19.0. The predicted octanol–water partition coefficient (Wildman–Crippen LogP) is -0.128. The SMILES string of the molecule is CN1CCN(CCCCN(CO)c2ccc3c(c2)C(=O)N(C2CCC(=O)NC2=O)C3=O)CC1. The molecule has 3 heterocycles. The van der Waals surface area contributed by atoms with Crippen molar-refractivity contribution in [1.29, 1.82) is 0 Å². The largest absolute Gasteiger partial charge is 0.376 e. The molecule has 0 saturated carbocycles. The number of benzene rings is 1. The lowest BCUT2D eigenvalue weighted by molar-refractivity contribution is -0.136. The van der Waals surface area contributed by atoms with Gasteiger partial charge in [-0.25, -0.2) is 0 Å². The van der Waals surface area contributed by atoms with Gasteiger partial charge in [0.1, 0.15) is 12.8 Å². The van der Waals surface area contributed by atoms with Gasteiger partial charge in [-0.15, -0.1) is 0 Å². The summed E-state index contributed by atoms with van der Waals surface area (Å²) < 4.78 is 0. The summed E-state index contributed by atoms with van der Waals surface area (Å²) in [6, 6.07) is 3.92. The molecule has 3 aliphatic heterocycles. The molecule has 1 unspecified atom stereocenters. The van der Waals surface area contributed by atoms with Gasteiger partial charge < -0.3 is 19.8 Å². The first-order valence-electron chi connectivity index (χ1n) is 11.5. The summed E-state index contributed by atoms with van der Waals surface area (Å²) in [4.78, 5) is 57.0. The fraction of sp³-hybridized carbons (Fsp3) is 0.565. The second kappa shape index (κ2) is 9.98. The van der Waals surface area contributed by atoms with Gasteiger partial charge in [-0.1, -0.05) is 0 Å². The summed E-state index contributed by atoms with van der Waals surface area (Å²) in [6.45, 7) is 5.76. The summed E-state index contributed by atoms with van der Waals surface area (Å²) in [7, 11) is 2.13. The number of unbranched alkanes of at least 4 members (excludes halogenated alkanes) is 1. The van der Waals surface area contributed by atoms with Gasteiger partial charge in [0.05, 0.1) is 11.1 Å². The van der Waals surface area contributed by atoms with Crippen LogP contribution in [0.25, 0.3) is 0 Å². The number of hydrogen-bond donors (Lipinski definition) is 2. The number of rotatable bonds is 8. The molecule has 0 aliphatic carbocycles. The second-order valence-electron chi connectivity index (χ2n) is 8.93. The molecule has 1 atom stereocenters. The first-order valence-corrected chi connectivity index (χ1v) is 11.5. The van der Waals surface area contributed by atoms with Gasteiger partial charge in [0, 0.05) is 44.8 Å². The highest BCUT2D eigenvalue weighted by Gasteiger charge is 2.44. The van der Waals surface area contributed by atoms with E-state index in [9.17, 15) is 24.3 Å². The number of hydrogen-bond acceptors (Lipinski definition) is 8. The number of piperidine rings is 1. The molecule has 1 aromatic carbocycles. The third kappa shape index (κ3) is 4.92. The Morgan fingerprint density at radius 1 is 1.03 bits per heavy atom. The van der Waals surface area contributed by atoms with Crippen molar-refractivity contribution in [2.24, 2.45) is 0 Å². The fourth-order valence-electron chi connectivity index (χ4n) is 4.65. The number of carbonyl (C=O) groups excluding carboxylic acids is 4. The molecule has 0 aromatic heterocycles. The van der Waals surface area contributed by atoms with E-state index < -0.39 is 29.7 Å². The topological polar surface area (TPSA) is 114 Å². The summed E-state index contributed by atoms with van der Waals surface area (Å²) in [5.74, 6) is -2.10. The van der Waals surface area contributed by atoms with E-state index in [4.69, 9.17) is 0 Å². The number of likely N-dealkylation sites (N-methyl/N-ethyl adjacent to an activating group) is 1. The van der Waals surface area contributed by atoms with E-state index in [2.05, 4.69) is 22.2 Å². The molecular formula is C23H31N5O5. The van der Waals surface area contributed by atoms with E-state index in [1.807, 2.05) is 0 Å². The number of piperazine rings is 1. The lowest BCUT2D eigenvalue weighted by atomic mass is 10.0. The Bertz CT molecular complexity index is 943. The van der Waals surface area contributed by atoms with Crippen molar-refractivity contribution < 1.29 is 24.3 Å². The number of anilines is 1. The first-order chi connectivity index (χ1) is 15.9. The van der Waals surface area contributed by atoms with Gasteiger partial charge in [-0.2, -0.15) is 0 Å². The number of fused-ring (bicyclic) bond motifs is 1. The van der Waals surface area contributed by atoms with Crippen molar-refractivity contribution in [2.75, 3.05) is 57.9 Å². The van der Waals surface area contributed by atoms with Crippen molar-refractivity contribution in [1.82, 2.24) is 20.0 Å². The number of aliphatic hydroxyl groups excluding tert-OH is 1. The predicted molar refractivity (Wildman–Crippen MR) is 121 cm³/mol. The average molecular weight is 458 g/mol. The van der Waals surface area contributed by atoms with Gasteiger partial charge in [0.25, 0.3) is 11.8 Å². The van der Waals surface area contributed by atoms with Gasteiger partial charge in [-0.3, -0.25) is 29.4 Å². The van der Waals surface area contributed by atoms with E-state index in [0.29, 0.717) is 12.2 Å². The average Bonchev–Trinajstić information content (AvgIpc) is 3.05. The van der Waals surface area contributed by atoms with Crippen LogP contribution in [0.15, 0.2) is 18.2 Å². The maximum absolute atomic E-state index is 13.0. The van der Waals surface area contributed by atoms with Crippen LogP contribution in [0.5, 0.6) is 0 Å². The Kier molecular flexibility index (Phi) is 7.06. The standard InChI is InChI=1S/C23H31N5O5/c1-25-10-12-26(13-11-25)8-2-3-9-27(15-29)16-4-5-17-18(14-16)23(33)28(22(17)32)19-6-7-20(30)24-21(19)31/h4-5,14,19,29H,2-3,6-13,15H2,1H3,(H,24,30,31). The van der Waals surface area contributed by atoms with Crippen LogP contribution in [0.1, 0.15) is 46.4 Å². The Morgan fingerprint density at radius 3 is 2.45 bits per heavy atom. The van der Waals surface area contributed by atoms with Gasteiger partial charge in [0.2, 0.25) is 11.8 Å². The normalized spacial score (nSPS) is 22.0. The number of amides is 4. The maximum Gasteiger partial charge on any atom is 0.262 e. The molecule has 10 nitrogen and oxygen atoms in total. The smallest absolute Gasteiger partial charge is 0.262 e. The van der Waals surface area contributed by atoms with Gasteiger partial charge in [0.15, 0.2) is 0 Å². The van der Waals surface area contributed by atoms with E-state index >= 15 is 0 Å². The molecule has 0 spiro atoms. The zero-order valence-corrected chi connectivity index (χ0v) is 19.0. The Morgan fingerprint density at radius 2 is 1.76 bits per heavy atom. The summed E-state index contributed by atoms with van der Waals surface area (Å²) in [5.41, 5.74) is 1.11. The minimum Gasteiger partial charge on any atom is -0.376 e. The highest BCUT2D eigenvalue weighted by atomic mass is 16.3. The van der Waals surface area contributed by atoms with Crippen LogP contribution in [0.2, 0.25) is 0 Å². The molecule has 2 fully saturated rings. The van der Waals surface area contributed by atoms with Gasteiger partial charge >= 0.3 is 0 Å². The number of nitrogens with one attached hydrogen (secondary N) is 1. The molecule has 10 heteroatoms. The van der Waals surface area contributed by atoms with E-state index in [1.54, 1.807) is 23.1 Å². The summed E-state index contributed by atoms with van der Waals surface area (Å²) in [6.07, 6.45) is 2.10. The van der Waals surface area contributed by atoms with Crippen LogP contribution in [0.3, 0.4) is 0 Å². The Balaban J connectivity index is 1.38. The van der Waals surface area contributed by atoms with E-state index in [-0.39, 0.29) is 30.7 Å². The summed E-state index contributed by atoms with van der Waals surface area (Å²) in [5, 5.41) is 12.1. The van der Waals surface area contributed by atoms with Gasteiger partial charge in [-0.05, 0) is 51.1 Å².